The maximum atomic E-state index is 12.0. The summed E-state index contributed by atoms with van der Waals surface area (Å²) in [5, 5.41) is 7.63. The second-order valence-electron chi connectivity index (χ2n) is 4.21. The Morgan fingerprint density at radius 3 is 2.72 bits per heavy atom. The summed E-state index contributed by atoms with van der Waals surface area (Å²) in [6.45, 7) is 0. The average Bonchev–Trinajstić information content (AvgIpc) is 3.04. The minimum absolute atomic E-state index is 0.0857. The maximum absolute atomic E-state index is 12.0. The van der Waals surface area contributed by atoms with Crippen LogP contribution >= 0.6 is 23.1 Å². The molecule has 1 saturated carbocycles. The molecule has 1 aromatic heterocycles. The molecule has 0 bridgehead atoms. The maximum Gasteiger partial charge on any atom is 0.265 e. The minimum atomic E-state index is -0.0857. The van der Waals surface area contributed by atoms with Crippen molar-refractivity contribution in [2.24, 2.45) is 0 Å². The Bertz CT molecular complexity index is 577. The zero-order chi connectivity index (χ0) is 12.5. The van der Waals surface area contributed by atoms with Crippen LogP contribution in [0.4, 0.5) is 0 Å². The van der Waals surface area contributed by atoms with Gasteiger partial charge in [0.2, 0.25) is 0 Å². The summed E-state index contributed by atoms with van der Waals surface area (Å²) in [6, 6.07) is 7.56. The fourth-order valence-corrected chi connectivity index (χ4v) is 2.33. The monoisotopic (exact) mass is 279 g/mol. The van der Waals surface area contributed by atoms with Crippen LogP contribution in [0.1, 0.15) is 22.5 Å². The molecule has 1 aliphatic rings. The van der Waals surface area contributed by atoms with Gasteiger partial charge in [0.15, 0.2) is 0 Å². The molecule has 0 spiro atoms. The van der Waals surface area contributed by atoms with Crippen LogP contribution in [0.5, 0.6) is 0 Å². The number of nitrogens with one attached hydrogen (secondary N) is 1. The van der Waals surface area contributed by atoms with Crippen LogP contribution in [-0.4, -0.2) is 21.5 Å². The molecule has 0 unspecified atom stereocenters. The molecule has 2 aromatic rings. The number of rotatable bonds is 3. The van der Waals surface area contributed by atoms with E-state index in [4.69, 9.17) is 11.6 Å². The third kappa shape index (κ3) is 2.37. The molecule has 0 saturated heterocycles. The molecule has 1 aliphatic carbocycles. The predicted octanol–water partition coefficient (Wildman–Crippen LogP) is 2.75. The van der Waals surface area contributed by atoms with Gasteiger partial charge >= 0.3 is 0 Å². The van der Waals surface area contributed by atoms with Gasteiger partial charge in [0, 0.05) is 16.6 Å². The molecule has 1 N–H and O–H groups in total. The fourth-order valence-electron chi connectivity index (χ4n) is 1.61. The first kappa shape index (κ1) is 11.6. The summed E-state index contributed by atoms with van der Waals surface area (Å²) in [6.07, 6.45) is 2.13. The van der Waals surface area contributed by atoms with Crippen LogP contribution in [0.3, 0.4) is 0 Å². The molecule has 6 heteroatoms. The number of hydrogen-bond acceptors (Lipinski definition) is 4. The van der Waals surface area contributed by atoms with Crippen molar-refractivity contribution in [3.05, 3.63) is 34.2 Å². The summed E-state index contributed by atoms with van der Waals surface area (Å²) in [5.41, 5.74) is 1.48. The third-order valence-corrected chi connectivity index (χ3v) is 3.70. The van der Waals surface area contributed by atoms with Crippen molar-refractivity contribution in [3.8, 4) is 11.3 Å². The van der Waals surface area contributed by atoms with Crippen LogP contribution in [0.2, 0.25) is 5.02 Å². The molecular weight excluding hydrogens is 270 g/mol. The van der Waals surface area contributed by atoms with Crippen molar-refractivity contribution in [1.82, 2.24) is 14.9 Å². The molecule has 18 heavy (non-hydrogen) atoms. The van der Waals surface area contributed by atoms with E-state index in [1.54, 1.807) is 12.1 Å². The Morgan fingerprint density at radius 1 is 1.33 bits per heavy atom. The van der Waals surface area contributed by atoms with E-state index < -0.39 is 0 Å². The lowest BCUT2D eigenvalue weighted by Gasteiger charge is -2.02. The summed E-state index contributed by atoms with van der Waals surface area (Å²) in [4.78, 5) is 12.6. The predicted molar refractivity (Wildman–Crippen MR) is 70.8 cm³/mol. The highest BCUT2D eigenvalue weighted by Gasteiger charge is 2.26. The van der Waals surface area contributed by atoms with Crippen LogP contribution < -0.4 is 5.32 Å². The van der Waals surface area contributed by atoms with Crippen molar-refractivity contribution in [2.45, 2.75) is 18.9 Å². The van der Waals surface area contributed by atoms with E-state index >= 15 is 0 Å². The second kappa shape index (κ2) is 4.66. The second-order valence-corrected chi connectivity index (χ2v) is 5.40. The first-order valence-corrected chi connectivity index (χ1v) is 6.78. The Balaban J connectivity index is 1.90. The van der Waals surface area contributed by atoms with Crippen LogP contribution in [-0.2, 0) is 0 Å². The Hall–Kier alpha value is -1.46. The third-order valence-electron chi connectivity index (χ3n) is 2.72. The van der Waals surface area contributed by atoms with E-state index in [1.807, 2.05) is 12.1 Å². The lowest BCUT2D eigenvalue weighted by Crippen LogP contribution is -2.24. The van der Waals surface area contributed by atoms with Crippen molar-refractivity contribution >= 4 is 29.0 Å². The number of hydrogen-bond donors (Lipinski definition) is 1. The van der Waals surface area contributed by atoms with Crippen molar-refractivity contribution < 1.29 is 4.79 Å². The molecule has 1 fully saturated rings. The summed E-state index contributed by atoms with van der Waals surface area (Å²) in [7, 11) is 0. The van der Waals surface area contributed by atoms with E-state index in [1.165, 1.54) is 0 Å². The van der Waals surface area contributed by atoms with Crippen LogP contribution in [0.25, 0.3) is 11.3 Å². The van der Waals surface area contributed by atoms with E-state index in [-0.39, 0.29) is 5.91 Å². The highest BCUT2D eigenvalue weighted by atomic mass is 35.5. The lowest BCUT2D eigenvalue weighted by molar-refractivity contribution is 0.0955. The summed E-state index contributed by atoms with van der Waals surface area (Å²) in [5.74, 6) is -0.0857. The van der Waals surface area contributed by atoms with Gasteiger partial charge in [-0.05, 0) is 36.5 Å². The van der Waals surface area contributed by atoms with Gasteiger partial charge in [-0.2, -0.15) is 0 Å². The smallest absolute Gasteiger partial charge is 0.265 e. The SMILES string of the molecule is O=C(NC1CC1)c1snnc1-c1ccc(Cl)cc1. The molecule has 0 atom stereocenters. The van der Waals surface area contributed by atoms with E-state index in [2.05, 4.69) is 14.9 Å². The fraction of sp³-hybridized carbons (Fsp3) is 0.250. The zero-order valence-corrected chi connectivity index (χ0v) is 11.0. The largest absolute Gasteiger partial charge is 0.348 e. The summed E-state index contributed by atoms with van der Waals surface area (Å²) < 4.78 is 3.87. The van der Waals surface area contributed by atoms with Crippen LogP contribution in [0.15, 0.2) is 24.3 Å². The highest BCUT2D eigenvalue weighted by molar-refractivity contribution is 7.08. The first-order valence-electron chi connectivity index (χ1n) is 5.63. The molecule has 92 valence electrons. The topological polar surface area (TPSA) is 54.9 Å². The molecule has 1 heterocycles. The number of aromatic nitrogens is 2. The molecule has 0 radical (unpaired) electrons. The van der Waals surface area contributed by atoms with Gasteiger partial charge in [0.25, 0.3) is 5.91 Å². The van der Waals surface area contributed by atoms with Gasteiger partial charge in [-0.3, -0.25) is 4.79 Å². The Morgan fingerprint density at radius 2 is 2.06 bits per heavy atom. The molecule has 1 aromatic carbocycles. The lowest BCUT2D eigenvalue weighted by atomic mass is 10.1. The molecule has 3 rings (SSSR count). The summed E-state index contributed by atoms with van der Waals surface area (Å²) >= 11 is 6.96. The number of carbonyl (C=O) groups excluding carboxylic acids is 1. The number of nitrogens with zero attached hydrogens (tertiary/aromatic N) is 2. The van der Waals surface area contributed by atoms with Gasteiger partial charge in [-0.25, -0.2) is 0 Å². The molecule has 0 aliphatic heterocycles. The highest BCUT2D eigenvalue weighted by Crippen LogP contribution is 2.26. The van der Waals surface area contributed by atoms with Crippen LogP contribution in [0, 0.1) is 0 Å². The average molecular weight is 280 g/mol. The molecule has 1 amide bonds. The normalized spacial score (nSPS) is 14.5. The Labute approximate surface area is 113 Å². The van der Waals surface area contributed by atoms with Crippen molar-refractivity contribution in [2.75, 3.05) is 0 Å². The standard InChI is InChI=1S/C12H10ClN3OS/c13-8-3-1-7(2-4-8)10-11(18-16-15-10)12(17)14-9-5-6-9/h1-4,9H,5-6H2,(H,14,17). The first-order chi connectivity index (χ1) is 8.74. The van der Waals surface area contributed by atoms with Gasteiger partial charge in [-0.1, -0.05) is 28.2 Å². The van der Waals surface area contributed by atoms with E-state index in [0.29, 0.717) is 21.6 Å². The van der Waals surface area contributed by atoms with Gasteiger partial charge < -0.3 is 5.32 Å². The van der Waals surface area contributed by atoms with E-state index in [9.17, 15) is 4.79 Å². The van der Waals surface area contributed by atoms with E-state index in [0.717, 1.165) is 29.9 Å². The van der Waals surface area contributed by atoms with Crippen molar-refractivity contribution in [3.63, 3.8) is 0 Å². The minimum Gasteiger partial charge on any atom is -0.348 e. The number of halogens is 1. The zero-order valence-electron chi connectivity index (χ0n) is 9.39. The number of amides is 1. The quantitative estimate of drug-likeness (QED) is 0.940. The number of benzene rings is 1. The molecule has 4 nitrogen and oxygen atoms in total. The Kier molecular flexibility index (Phi) is 3.01. The van der Waals surface area contributed by atoms with Gasteiger partial charge in [0.1, 0.15) is 10.6 Å². The number of carbonyl (C=O) groups is 1. The van der Waals surface area contributed by atoms with Crippen molar-refractivity contribution in [1.29, 1.82) is 0 Å². The van der Waals surface area contributed by atoms with Gasteiger partial charge in [0.05, 0.1) is 0 Å². The molecular formula is C12H10ClN3OS. The van der Waals surface area contributed by atoms with Gasteiger partial charge in [-0.15, -0.1) is 5.10 Å².